The molecule has 5 nitrogen and oxygen atoms in total. The summed E-state index contributed by atoms with van der Waals surface area (Å²) in [5.41, 5.74) is 2.09. The topological polar surface area (TPSA) is 58.5 Å². The lowest BCUT2D eigenvalue weighted by molar-refractivity contribution is 0.0442. The summed E-state index contributed by atoms with van der Waals surface area (Å²) < 4.78 is 11.2. The van der Waals surface area contributed by atoms with E-state index in [9.17, 15) is 4.79 Å². The van der Waals surface area contributed by atoms with E-state index in [-0.39, 0.29) is 12.0 Å². The third-order valence-electron chi connectivity index (χ3n) is 4.70. The van der Waals surface area contributed by atoms with Gasteiger partial charge in [-0.25, -0.2) is 0 Å². The first-order chi connectivity index (χ1) is 11.7. The van der Waals surface area contributed by atoms with Crippen LogP contribution in [-0.4, -0.2) is 52.6 Å². The maximum absolute atomic E-state index is 13.2. The molecule has 3 heterocycles. The number of carbonyl (C=O) groups excluding carboxylic acids is 1. The molecule has 4 rings (SSSR count). The summed E-state index contributed by atoms with van der Waals surface area (Å²) in [6.45, 7) is 1.49. The molecule has 0 bridgehead atoms. The zero-order valence-corrected chi connectivity index (χ0v) is 15.0. The zero-order chi connectivity index (χ0) is 16.5. The fourth-order valence-corrected chi connectivity index (χ4v) is 4.84. The number of thioether (sulfide) groups is 1. The number of aromatic amines is 1. The fraction of sp³-hybridized carbons (Fsp3) is 0.529. The molecule has 2 fully saturated rings. The van der Waals surface area contributed by atoms with E-state index in [4.69, 9.17) is 21.4 Å². The highest BCUT2D eigenvalue weighted by Crippen LogP contribution is 2.26. The Labute approximate surface area is 149 Å². The van der Waals surface area contributed by atoms with Crippen LogP contribution in [0.3, 0.4) is 0 Å². The molecule has 0 spiro atoms. The predicted molar refractivity (Wildman–Crippen MR) is 97.1 cm³/mol. The Morgan fingerprint density at radius 2 is 2.33 bits per heavy atom. The number of hydrogen-bond acceptors (Lipinski definition) is 5. The first-order valence-corrected chi connectivity index (χ1v) is 9.90. The molecule has 1 aromatic carbocycles. The van der Waals surface area contributed by atoms with E-state index in [0.29, 0.717) is 28.6 Å². The average Bonchev–Trinajstić information content (AvgIpc) is 3.31. The van der Waals surface area contributed by atoms with E-state index in [2.05, 4.69) is 4.98 Å². The molecular weight excluding hydrogens is 344 g/mol. The van der Waals surface area contributed by atoms with Gasteiger partial charge in [0.15, 0.2) is 5.58 Å². The minimum absolute atomic E-state index is 0.0576. The van der Waals surface area contributed by atoms with Crippen molar-refractivity contribution in [2.24, 2.45) is 0 Å². The molecular formula is C17H20N2O3S2. The van der Waals surface area contributed by atoms with Crippen molar-refractivity contribution in [2.75, 3.05) is 24.7 Å². The van der Waals surface area contributed by atoms with Crippen LogP contribution in [0, 0.1) is 4.84 Å². The van der Waals surface area contributed by atoms with Crippen molar-refractivity contribution >= 4 is 41.0 Å². The van der Waals surface area contributed by atoms with Gasteiger partial charge in [-0.05, 0) is 55.4 Å². The van der Waals surface area contributed by atoms with Crippen molar-refractivity contribution in [2.45, 2.75) is 31.4 Å². The predicted octanol–water partition coefficient (Wildman–Crippen LogP) is 3.62. The van der Waals surface area contributed by atoms with Gasteiger partial charge in [-0.1, -0.05) is 0 Å². The highest BCUT2D eigenvalue weighted by molar-refractivity contribution is 7.99. The minimum atomic E-state index is 0.0576. The molecule has 0 aliphatic carbocycles. The number of amides is 1. The summed E-state index contributed by atoms with van der Waals surface area (Å²) in [5.74, 6) is 2.18. The largest absolute Gasteiger partial charge is 0.429 e. The second-order valence-electron chi connectivity index (χ2n) is 6.34. The molecule has 1 aromatic heterocycles. The van der Waals surface area contributed by atoms with E-state index in [1.807, 2.05) is 28.8 Å². The average molecular weight is 364 g/mol. The molecule has 0 saturated carbocycles. The van der Waals surface area contributed by atoms with Crippen molar-refractivity contribution < 1.29 is 13.9 Å². The summed E-state index contributed by atoms with van der Waals surface area (Å²) in [6, 6.07) is 5.78. The third kappa shape index (κ3) is 3.25. The standard InChI is InChI=1S/C17H20N2O3S2/c20-16(11-3-4-14-15(8-11)22-17(23)18-14)19(12-5-7-24-10-12)9-13-2-1-6-21-13/h3-4,8,12-13H,1-2,5-7,9-10H2,(H,18,23)/t12-,13-/m0/s1. The lowest BCUT2D eigenvalue weighted by atomic mass is 10.1. The van der Waals surface area contributed by atoms with Crippen LogP contribution in [0.1, 0.15) is 29.6 Å². The smallest absolute Gasteiger partial charge is 0.266 e. The van der Waals surface area contributed by atoms with E-state index in [1.54, 1.807) is 6.07 Å². The molecule has 2 aliphatic rings. The molecule has 0 radical (unpaired) electrons. The lowest BCUT2D eigenvalue weighted by Gasteiger charge is -2.30. The Kier molecular flexibility index (Phi) is 4.65. The molecule has 2 saturated heterocycles. The number of fused-ring (bicyclic) bond motifs is 1. The SMILES string of the molecule is O=C(c1ccc2[nH]c(=S)oc2c1)N(C[C@@H]1CCCO1)[C@H]1CCSC1. The molecule has 128 valence electrons. The van der Waals surface area contributed by atoms with Crippen molar-refractivity contribution in [3.8, 4) is 0 Å². The number of benzene rings is 1. The number of carbonyl (C=O) groups is 1. The van der Waals surface area contributed by atoms with Crippen LogP contribution in [0.2, 0.25) is 0 Å². The number of rotatable bonds is 4. The van der Waals surface area contributed by atoms with Gasteiger partial charge in [-0.3, -0.25) is 4.79 Å². The monoisotopic (exact) mass is 364 g/mol. The number of aromatic nitrogens is 1. The van der Waals surface area contributed by atoms with Crippen molar-refractivity contribution in [1.82, 2.24) is 9.88 Å². The molecule has 1 amide bonds. The second-order valence-corrected chi connectivity index (χ2v) is 7.86. The number of ether oxygens (including phenoxy) is 1. The fourth-order valence-electron chi connectivity index (χ4n) is 3.42. The highest BCUT2D eigenvalue weighted by atomic mass is 32.2. The summed E-state index contributed by atoms with van der Waals surface area (Å²) in [5, 5.41) is 0. The van der Waals surface area contributed by atoms with Crippen LogP contribution in [-0.2, 0) is 4.74 Å². The highest BCUT2D eigenvalue weighted by Gasteiger charge is 2.31. The van der Waals surface area contributed by atoms with Gasteiger partial charge in [0.25, 0.3) is 10.7 Å². The first kappa shape index (κ1) is 16.2. The van der Waals surface area contributed by atoms with Gasteiger partial charge in [0.05, 0.1) is 11.6 Å². The van der Waals surface area contributed by atoms with Crippen LogP contribution >= 0.6 is 24.0 Å². The van der Waals surface area contributed by atoms with E-state index >= 15 is 0 Å². The summed E-state index contributed by atoms with van der Waals surface area (Å²) in [6.07, 6.45) is 3.34. The van der Waals surface area contributed by atoms with Crippen LogP contribution in [0.5, 0.6) is 0 Å². The van der Waals surface area contributed by atoms with Crippen LogP contribution in [0.4, 0.5) is 0 Å². The molecule has 2 aromatic rings. The molecule has 24 heavy (non-hydrogen) atoms. The first-order valence-electron chi connectivity index (χ1n) is 8.34. The maximum Gasteiger partial charge on any atom is 0.266 e. The Balaban J connectivity index is 1.61. The molecule has 7 heteroatoms. The molecule has 1 N–H and O–H groups in total. The molecule has 2 atom stereocenters. The summed E-state index contributed by atoms with van der Waals surface area (Å²) >= 11 is 6.93. The van der Waals surface area contributed by atoms with Crippen LogP contribution in [0.25, 0.3) is 11.1 Å². The second kappa shape index (κ2) is 6.90. The summed E-state index contributed by atoms with van der Waals surface area (Å²) in [7, 11) is 0. The third-order valence-corrected chi connectivity index (χ3v) is 6.03. The summed E-state index contributed by atoms with van der Waals surface area (Å²) in [4.78, 5) is 18.5. The Hall–Kier alpha value is -1.31. The molecule has 2 aliphatic heterocycles. The number of H-pyrrole nitrogens is 1. The minimum Gasteiger partial charge on any atom is -0.429 e. The lowest BCUT2D eigenvalue weighted by Crippen LogP contribution is -2.44. The quantitative estimate of drug-likeness (QED) is 0.840. The number of hydrogen-bond donors (Lipinski definition) is 1. The van der Waals surface area contributed by atoms with Gasteiger partial charge in [0, 0.05) is 30.5 Å². The van der Waals surface area contributed by atoms with Crippen LogP contribution in [0.15, 0.2) is 22.6 Å². The van der Waals surface area contributed by atoms with Gasteiger partial charge in [-0.15, -0.1) is 0 Å². The van der Waals surface area contributed by atoms with Gasteiger partial charge in [-0.2, -0.15) is 11.8 Å². The zero-order valence-electron chi connectivity index (χ0n) is 13.3. The van der Waals surface area contributed by atoms with Gasteiger partial charge >= 0.3 is 0 Å². The normalized spacial score (nSPS) is 23.8. The van der Waals surface area contributed by atoms with E-state index in [1.165, 1.54) is 0 Å². The number of nitrogens with one attached hydrogen (secondary N) is 1. The van der Waals surface area contributed by atoms with Gasteiger partial charge in [0.1, 0.15) is 0 Å². The van der Waals surface area contributed by atoms with Crippen molar-refractivity contribution in [3.63, 3.8) is 0 Å². The van der Waals surface area contributed by atoms with Crippen molar-refractivity contribution in [1.29, 1.82) is 0 Å². The van der Waals surface area contributed by atoms with Gasteiger partial charge < -0.3 is 19.0 Å². The molecule has 0 unspecified atom stereocenters. The van der Waals surface area contributed by atoms with Crippen molar-refractivity contribution in [3.05, 3.63) is 28.6 Å². The van der Waals surface area contributed by atoms with Crippen LogP contribution < -0.4 is 0 Å². The Morgan fingerprint density at radius 3 is 3.08 bits per heavy atom. The maximum atomic E-state index is 13.2. The van der Waals surface area contributed by atoms with E-state index < -0.39 is 0 Å². The Bertz CT molecular complexity index is 788. The number of nitrogens with zero attached hydrogens (tertiary/aromatic N) is 1. The van der Waals surface area contributed by atoms with Gasteiger partial charge in [0.2, 0.25) is 0 Å². The van der Waals surface area contributed by atoms with E-state index in [0.717, 1.165) is 42.9 Å². The Morgan fingerprint density at radius 1 is 1.42 bits per heavy atom. The number of oxazole rings is 1.